The molecule has 0 aromatic heterocycles. The number of hydrogen-bond donors (Lipinski definition) is 0. The van der Waals surface area contributed by atoms with Crippen molar-refractivity contribution in [1.82, 2.24) is 0 Å². The van der Waals surface area contributed by atoms with Crippen molar-refractivity contribution in [3.05, 3.63) is 443 Å². The summed E-state index contributed by atoms with van der Waals surface area (Å²) in [4.78, 5) is 15.3. The van der Waals surface area contributed by atoms with Crippen LogP contribution in [0, 0.1) is 27.3 Å². The van der Waals surface area contributed by atoms with Gasteiger partial charge in [-0.2, -0.15) is 0 Å². The quantitative estimate of drug-likeness (QED) is 0.0261. The van der Waals surface area contributed by atoms with Gasteiger partial charge in [-0.1, -0.05) is 205 Å². The highest BCUT2D eigenvalue weighted by atomic mass is 127. The Kier molecular flexibility index (Phi) is 37.7. The average Bonchev–Trinajstić information content (AvgIpc) is 0.815. The first-order valence-corrected chi connectivity index (χ1v) is 52.8. The van der Waals surface area contributed by atoms with Crippen LogP contribution < -0.4 is 37.9 Å². The second-order valence-corrected chi connectivity index (χ2v) is 44.7. The predicted octanol–water partition coefficient (Wildman–Crippen LogP) is 32.0. The summed E-state index contributed by atoms with van der Waals surface area (Å²) >= 11 is 23.5. The number of hydrogen-bond acceptors (Lipinski definition) is 8. The van der Waals surface area contributed by atoms with Gasteiger partial charge in [0.15, 0.2) is 64.5 Å². The van der Waals surface area contributed by atoms with Gasteiger partial charge in [-0.15, -0.1) is 0 Å². The number of ether oxygens (including phenoxy) is 8. The molecule has 0 amide bonds. The Morgan fingerprint density at radius 1 is 0.230 bits per heavy atom. The van der Waals surface area contributed by atoms with E-state index >= 15 is 0 Å². The Labute approximate surface area is 847 Å². The van der Waals surface area contributed by atoms with Crippen molar-refractivity contribution in [2.75, 3.05) is 0 Å². The third-order valence-electron chi connectivity index (χ3n) is 18.5. The maximum Gasteiger partial charge on any atom is 0.243 e. The monoisotopic (exact) mass is 2490 g/mol. The van der Waals surface area contributed by atoms with Crippen LogP contribution in [0.3, 0.4) is 0 Å². The molecule has 20 heteroatoms. The van der Waals surface area contributed by atoms with Crippen molar-refractivity contribution >= 4 is 207 Å². The van der Waals surface area contributed by atoms with Crippen LogP contribution in [-0.2, 0) is 43.6 Å². The van der Waals surface area contributed by atoms with E-state index in [4.69, 9.17) is 49.5 Å². The Balaban J connectivity index is 0.000000144. The summed E-state index contributed by atoms with van der Waals surface area (Å²) < 4.78 is 56.2. The van der Waals surface area contributed by atoms with Crippen LogP contribution in [-0.4, -0.2) is 25.2 Å². The second kappa shape index (κ2) is 49.5. The third-order valence-corrected chi connectivity index (χ3v) is 32.8. The average molecular weight is 2490 g/mol. The maximum absolute atomic E-state index is 6.46. The molecule has 4 atom stereocenters. The fourth-order valence-corrected chi connectivity index (χ4v) is 27.8. The number of rotatable bonds is 29. The lowest BCUT2D eigenvalue weighted by Crippen LogP contribution is -2.30. The fourth-order valence-electron chi connectivity index (χ4n) is 12.8. The number of para-hydroxylation sites is 1. The minimum absolute atomic E-state index is 0.158. The van der Waals surface area contributed by atoms with Crippen molar-refractivity contribution in [2.24, 2.45) is 5.92 Å². The van der Waals surface area contributed by atoms with Gasteiger partial charge in [0.2, 0.25) is 25.2 Å². The zero-order chi connectivity index (χ0) is 88.1. The van der Waals surface area contributed by atoms with Gasteiger partial charge in [0.05, 0.1) is 62.9 Å². The molecule has 8 nitrogen and oxygen atoms in total. The van der Waals surface area contributed by atoms with Crippen LogP contribution >= 0.6 is 163 Å². The minimum Gasteiger partial charge on any atom is -0.455 e. The molecule has 0 fully saturated rings. The largest absolute Gasteiger partial charge is 0.455 e. The van der Waals surface area contributed by atoms with E-state index < -0.39 is 18.9 Å². The molecule has 126 heavy (non-hydrogen) atoms. The van der Waals surface area contributed by atoms with E-state index in [0.717, 1.165) is 62.6 Å². The van der Waals surface area contributed by atoms with E-state index in [1.807, 2.05) is 136 Å². The first-order valence-electron chi connectivity index (χ1n) is 40.2. The molecular formula is C106H88BrClI6O8S4+4. The maximum atomic E-state index is 6.46. The lowest BCUT2D eigenvalue weighted by molar-refractivity contribution is -0.0310. The van der Waals surface area contributed by atoms with Crippen LogP contribution in [0.25, 0.3) is 0 Å². The second-order valence-electron chi connectivity index (χ2n) is 28.2. The van der Waals surface area contributed by atoms with E-state index in [0.29, 0.717) is 10.8 Å². The van der Waals surface area contributed by atoms with E-state index in [1.54, 1.807) is 0 Å². The zero-order valence-corrected chi connectivity index (χ0v) is 87.6. The van der Waals surface area contributed by atoms with E-state index in [9.17, 15) is 0 Å². The summed E-state index contributed by atoms with van der Waals surface area (Å²) in [6.07, 6.45) is -1.65. The molecule has 0 aliphatic heterocycles. The van der Waals surface area contributed by atoms with Crippen molar-refractivity contribution in [1.29, 1.82) is 0 Å². The van der Waals surface area contributed by atoms with E-state index in [1.165, 1.54) is 62.3 Å². The molecule has 16 aromatic rings. The predicted molar refractivity (Wildman–Crippen MR) is 573 cm³/mol. The summed E-state index contributed by atoms with van der Waals surface area (Å²) in [6, 6.07) is 142. The molecule has 16 rings (SSSR count). The van der Waals surface area contributed by atoms with Gasteiger partial charge >= 0.3 is 0 Å². The summed E-state index contributed by atoms with van der Waals surface area (Å²) in [5.41, 5.74) is 0. The molecule has 0 bridgehead atoms. The Bertz CT molecular complexity index is 5670. The third kappa shape index (κ3) is 28.5. The van der Waals surface area contributed by atoms with Gasteiger partial charge in [0.25, 0.3) is 0 Å². The smallest absolute Gasteiger partial charge is 0.243 e. The van der Waals surface area contributed by atoms with Crippen molar-refractivity contribution in [3.63, 3.8) is 0 Å². The lowest BCUT2D eigenvalue weighted by Gasteiger charge is -2.25. The van der Waals surface area contributed by atoms with Crippen molar-refractivity contribution < 1.29 is 37.9 Å². The lowest BCUT2D eigenvalue weighted by atomic mass is 10.2. The van der Waals surface area contributed by atoms with Crippen molar-refractivity contribution in [2.45, 2.75) is 119 Å². The molecule has 636 valence electrons. The van der Waals surface area contributed by atoms with E-state index in [2.05, 4.69) is 463 Å². The van der Waals surface area contributed by atoms with Crippen LogP contribution in [0.2, 0.25) is 5.02 Å². The zero-order valence-electron chi connectivity index (χ0n) is 69.1. The fraction of sp³-hybridized carbons (Fsp3) is 0.0943. The van der Waals surface area contributed by atoms with Gasteiger partial charge < -0.3 is 37.9 Å². The minimum atomic E-state index is -0.468. The number of benzene rings is 16. The van der Waals surface area contributed by atoms with Gasteiger partial charge in [-0.3, -0.25) is 0 Å². The van der Waals surface area contributed by atoms with E-state index in [-0.39, 0.29) is 55.8 Å². The molecule has 0 heterocycles. The molecule has 0 aliphatic carbocycles. The Morgan fingerprint density at radius 3 is 0.865 bits per heavy atom. The van der Waals surface area contributed by atoms with Gasteiger partial charge in [-0.05, 0) is 378 Å². The summed E-state index contributed by atoms with van der Waals surface area (Å²) in [5.74, 6) is 6.45. The topological polar surface area (TPSA) is 73.8 Å². The highest BCUT2D eigenvalue weighted by Gasteiger charge is 2.34. The summed E-state index contributed by atoms with van der Waals surface area (Å²) in [5, 5.41) is 0.576. The molecule has 4 unspecified atom stereocenters. The molecule has 0 spiro atoms. The van der Waals surface area contributed by atoms with Gasteiger partial charge in [-0.25, -0.2) is 0 Å². The van der Waals surface area contributed by atoms with Gasteiger partial charge in [0.1, 0.15) is 40.2 Å². The molecule has 0 N–H and O–H groups in total. The first-order chi connectivity index (χ1) is 61.3. The van der Waals surface area contributed by atoms with Crippen molar-refractivity contribution in [3.8, 4) is 46.0 Å². The van der Waals surface area contributed by atoms with Crippen LogP contribution in [0.1, 0.15) is 34.6 Å². The van der Waals surface area contributed by atoms with Gasteiger partial charge in [0, 0.05) is 44.4 Å². The Morgan fingerprint density at radius 2 is 0.532 bits per heavy atom. The van der Waals surface area contributed by atoms with Crippen LogP contribution in [0.5, 0.6) is 46.0 Å². The first kappa shape index (κ1) is 96.0. The molecule has 0 saturated carbocycles. The highest BCUT2D eigenvalue weighted by Crippen LogP contribution is 2.40. The highest BCUT2D eigenvalue weighted by molar-refractivity contribution is 14.1. The summed E-state index contributed by atoms with van der Waals surface area (Å²) in [7, 11) is -0.722. The number of halogens is 8. The van der Waals surface area contributed by atoms with Crippen LogP contribution in [0.4, 0.5) is 0 Å². The molecule has 0 saturated heterocycles. The molecular weight excluding hydrogens is 2410 g/mol. The Hall–Kier alpha value is -7.53. The normalized spacial score (nSPS) is 11.9. The molecule has 0 aliphatic rings. The molecule has 16 aromatic carbocycles. The summed E-state index contributed by atoms with van der Waals surface area (Å²) in [6.45, 7) is 9.93. The molecule has 0 radical (unpaired) electrons. The van der Waals surface area contributed by atoms with Crippen LogP contribution in [0.15, 0.2) is 476 Å². The SMILES string of the molecule is CC(C)C(Oc1cccc([S+](c2ccccc2)c2ccccc2)c1)Oc1c(I)cc(I)cc1I.CC(Oc1ccc([S+](c2ccccc2)c2ccccc2)cc1)Oc1ccc(Br)cc1I.CC(Oc1ccc([S+](c2ccccc2)c2ccccc2)cc1)Oc1ccc(I)cc1Cl.CC(Oc1ccc([S+](c2ccccc2)c2ccccc2)cc1)Oc1ccccc1I. The standard InChI is InChI=1S/C28H24I3O2S.C26H21BrIO2S.C26H21ClIO2S.C26H22IO2S/c1-19(2)28(33-27-25(30)16-20(29)17-26(27)31)32-21-10-9-15-24(18-21)34(22-11-5-3-6-12-22)23-13-7-4-8-14-23;1-19(30-26-17-12-20(27)18-25(26)28)29-21-13-15-24(16-14-21)31(22-8-4-2-5-9-22)23-10-6-3-7-11-23;1-19(30-26-17-12-20(28)18-25(26)27)29-21-13-15-24(16-14-21)31(22-8-4-2-5-9-22)23-10-6-3-7-11-23;1-20(29-26-15-9-8-14-25(26)27)28-21-16-18-24(19-17-21)30(22-10-4-2-5-11-22)23-12-6-3-7-13-23/h3-19,28H,1-2H3;2*2-19H,1H3;2-20H,1H3/q4*+1.